The Balaban J connectivity index is 1.98. The van der Waals surface area contributed by atoms with Gasteiger partial charge >= 0.3 is 0 Å². The van der Waals surface area contributed by atoms with Gasteiger partial charge in [-0.3, -0.25) is 4.79 Å². The van der Waals surface area contributed by atoms with Crippen LogP contribution in [-0.4, -0.2) is 12.5 Å². The van der Waals surface area contributed by atoms with Crippen LogP contribution in [0.25, 0.3) is 0 Å². The summed E-state index contributed by atoms with van der Waals surface area (Å²) < 4.78 is 0.757. The minimum atomic E-state index is -0.0424. The fraction of sp³-hybridized carbons (Fsp3) is 0.533. The van der Waals surface area contributed by atoms with E-state index in [0.29, 0.717) is 28.0 Å². The predicted molar refractivity (Wildman–Crippen MR) is 81.9 cm³/mol. The summed E-state index contributed by atoms with van der Waals surface area (Å²) in [5, 5.41) is 3.02. The van der Waals surface area contributed by atoms with E-state index in [2.05, 4.69) is 48.9 Å². The zero-order valence-corrected chi connectivity index (χ0v) is 13.5. The molecule has 0 saturated heterocycles. The topological polar surface area (TPSA) is 55.1 Å². The van der Waals surface area contributed by atoms with Crippen molar-refractivity contribution in [2.45, 2.75) is 27.7 Å². The first-order chi connectivity index (χ1) is 8.68. The highest BCUT2D eigenvalue weighted by Crippen LogP contribution is 2.67. The van der Waals surface area contributed by atoms with E-state index < -0.39 is 0 Å². The van der Waals surface area contributed by atoms with Crippen LogP contribution in [0.1, 0.15) is 38.1 Å². The van der Waals surface area contributed by atoms with Crippen molar-refractivity contribution < 1.29 is 4.79 Å². The molecule has 0 atom stereocenters. The van der Waals surface area contributed by atoms with Gasteiger partial charge in [0.1, 0.15) is 0 Å². The van der Waals surface area contributed by atoms with Gasteiger partial charge in [0.25, 0.3) is 5.91 Å². The highest BCUT2D eigenvalue weighted by Gasteiger charge is 2.64. The summed E-state index contributed by atoms with van der Waals surface area (Å²) in [5.41, 5.74) is 7.58. The molecule has 0 unspecified atom stereocenters. The first-order valence-corrected chi connectivity index (χ1v) is 7.30. The van der Waals surface area contributed by atoms with Crippen LogP contribution in [0, 0.1) is 16.7 Å². The minimum Gasteiger partial charge on any atom is -0.398 e. The van der Waals surface area contributed by atoms with Gasteiger partial charge in [0.15, 0.2) is 0 Å². The molecule has 1 aromatic rings. The second kappa shape index (κ2) is 4.51. The van der Waals surface area contributed by atoms with Crippen LogP contribution in [0.4, 0.5) is 5.69 Å². The van der Waals surface area contributed by atoms with Crippen LogP contribution in [0.3, 0.4) is 0 Å². The largest absolute Gasteiger partial charge is 0.398 e. The Kier molecular flexibility index (Phi) is 3.42. The molecule has 104 valence electrons. The molecule has 1 aliphatic rings. The maximum atomic E-state index is 12.1. The number of hydrogen-bond acceptors (Lipinski definition) is 2. The van der Waals surface area contributed by atoms with Gasteiger partial charge in [0.2, 0.25) is 0 Å². The maximum absolute atomic E-state index is 12.1. The Bertz CT molecular complexity index is 509. The van der Waals surface area contributed by atoms with Crippen molar-refractivity contribution in [1.82, 2.24) is 5.32 Å². The van der Waals surface area contributed by atoms with Crippen LogP contribution < -0.4 is 11.1 Å². The summed E-state index contributed by atoms with van der Waals surface area (Å²) in [6, 6.07) is 5.25. The van der Waals surface area contributed by atoms with E-state index in [9.17, 15) is 4.79 Å². The predicted octanol–water partition coefficient (Wildman–Crippen LogP) is 3.44. The van der Waals surface area contributed by atoms with E-state index in [4.69, 9.17) is 5.73 Å². The van der Waals surface area contributed by atoms with E-state index in [1.54, 1.807) is 18.2 Å². The van der Waals surface area contributed by atoms with Gasteiger partial charge in [0.05, 0.1) is 0 Å². The van der Waals surface area contributed by atoms with Gasteiger partial charge in [-0.25, -0.2) is 0 Å². The third-order valence-corrected chi connectivity index (χ3v) is 5.74. The maximum Gasteiger partial charge on any atom is 0.251 e. The molecule has 1 fully saturated rings. The smallest absolute Gasteiger partial charge is 0.251 e. The van der Waals surface area contributed by atoms with Crippen molar-refractivity contribution in [2.24, 2.45) is 16.7 Å². The van der Waals surface area contributed by atoms with E-state index in [1.807, 2.05) is 0 Å². The Morgan fingerprint density at radius 2 is 1.89 bits per heavy atom. The Hall–Kier alpha value is -1.03. The number of halogens is 1. The lowest BCUT2D eigenvalue weighted by molar-refractivity contribution is 0.0950. The summed E-state index contributed by atoms with van der Waals surface area (Å²) in [7, 11) is 0. The van der Waals surface area contributed by atoms with Gasteiger partial charge in [-0.15, -0.1) is 0 Å². The lowest BCUT2D eigenvalue weighted by Gasteiger charge is -2.07. The molecule has 1 aromatic carbocycles. The van der Waals surface area contributed by atoms with E-state index in [1.165, 1.54) is 0 Å². The number of hydrogen-bond donors (Lipinski definition) is 2. The van der Waals surface area contributed by atoms with Gasteiger partial charge < -0.3 is 11.1 Å². The molecule has 0 aliphatic heterocycles. The Morgan fingerprint density at radius 1 is 1.32 bits per heavy atom. The van der Waals surface area contributed by atoms with Crippen molar-refractivity contribution in [3.63, 3.8) is 0 Å². The zero-order chi connectivity index (χ0) is 14.4. The van der Waals surface area contributed by atoms with Crippen LogP contribution >= 0.6 is 15.9 Å². The standard InChI is InChI=1S/C15H21BrN2O/c1-14(2)12(15(14,3)4)8-18-13(19)9-5-6-11(17)10(16)7-9/h5-7,12H,8,17H2,1-4H3,(H,18,19). The molecular weight excluding hydrogens is 304 g/mol. The monoisotopic (exact) mass is 324 g/mol. The van der Waals surface area contributed by atoms with Gasteiger partial charge in [-0.05, 0) is 50.9 Å². The first-order valence-electron chi connectivity index (χ1n) is 6.51. The lowest BCUT2D eigenvalue weighted by Crippen LogP contribution is -2.27. The van der Waals surface area contributed by atoms with Crippen LogP contribution in [0.5, 0.6) is 0 Å². The molecule has 2 rings (SSSR count). The van der Waals surface area contributed by atoms with E-state index in [0.717, 1.165) is 11.0 Å². The molecule has 1 saturated carbocycles. The number of nitrogen functional groups attached to an aromatic ring is 1. The number of carbonyl (C=O) groups is 1. The number of nitrogens with two attached hydrogens (primary N) is 1. The molecule has 19 heavy (non-hydrogen) atoms. The van der Waals surface area contributed by atoms with Crippen LogP contribution in [-0.2, 0) is 0 Å². The number of benzene rings is 1. The van der Waals surface area contributed by atoms with Crippen molar-refractivity contribution in [3.8, 4) is 0 Å². The molecule has 0 radical (unpaired) electrons. The molecule has 0 aromatic heterocycles. The molecule has 0 bridgehead atoms. The summed E-state index contributed by atoms with van der Waals surface area (Å²) in [4.78, 5) is 12.1. The van der Waals surface area contributed by atoms with Crippen molar-refractivity contribution in [3.05, 3.63) is 28.2 Å². The third-order valence-electron chi connectivity index (χ3n) is 5.05. The summed E-state index contributed by atoms with van der Waals surface area (Å²) in [5.74, 6) is 0.486. The summed E-state index contributed by atoms with van der Waals surface area (Å²) in [6.45, 7) is 9.74. The summed E-state index contributed by atoms with van der Waals surface area (Å²) >= 11 is 3.34. The number of rotatable bonds is 3. The first kappa shape index (κ1) is 14.4. The second-order valence-corrected chi connectivity index (χ2v) is 7.30. The van der Waals surface area contributed by atoms with Crippen molar-refractivity contribution in [1.29, 1.82) is 0 Å². The zero-order valence-electron chi connectivity index (χ0n) is 11.9. The average Bonchev–Trinajstić information content (AvgIpc) is 2.70. The number of nitrogens with one attached hydrogen (secondary N) is 1. The fourth-order valence-electron chi connectivity index (χ4n) is 2.81. The van der Waals surface area contributed by atoms with Gasteiger partial charge in [-0.1, -0.05) is 27.7 Å². The van der Waals surface area contributed by atoms with Gasteiger partial charge in [0, 0.05) is 22.3 Å². The van der Waals surface area contributed by atoms with Crippen LogP contribution in [0.2, 0.25) is 0 Å². The molecule has 3 N–H and O–H groups in total. The lowest BCUT2D eigenvalue weighted by atomic mass is 10.0. The molecule has 0 spiro atoms. The van der Waals surface area contributed by atoms with Gasteiger partial charge in [-0.2, -0.15) is 0 Å². The molecule has 3 nitrogen and oxygen atoms in total. The Morgan fingerprint density at radius 3 is 2.37 bits per heavy atom. The van der Waals surface area contributed by atoms with E-state index >= 15 is 0 Å². The highest BCUT2D eigenvalue weighted by atomic mass is 79.9. The van der Waals surface area contributed by atoms with E-state index in [-0.39, 0.29) is 5.91 Å². The quantitative estimate of drug-likeness (QED) is 0.837. The molecule has 0 heterocycles. The number of carbonyl (C=O) groups excluding carboxylic acids is 1. The molecule has 1 aliphatic carbocycles. The molecular formula is C15H21BrN2O. The Labute approximate surface area is 123 Å². The van der Waals surface area contributed by atoms with Crippen molar-refractivity contribution >= 4 is 27.5 Å². The normalized spacial score (nSPS) is 20.1. The fourth-order valence-corrected chi connectivity index (χ4v) is 3.19. The number of amides is 1. The SMILES string of the molecule is CC1(C)C(CNC(=O)c2ccc(N)c(Br)c2)C1(C)C. The highest BCUT2D eigenvalue weighted by molar-refractivity contribution is 9.10. The second-order valence-electron chi connectivity index (χ2n) is 6.44. The van der Waals surface area contributed by atoms with Crippen molar-refractivity contribution in [2.75, 3.05) is 12.3 Å². The molecule has 1 amide bonds. The third kappa shape index (κ3) is 2.38. The summed E-state index contributed by atoms with van der Waals surface area (Å²) in [6.07, 6.45) is 0. The van der Waals surface area contributed by atoms with Crippen LogP contribution in [0.15, 0.2) is 22.7 Å². The average molecular weight is 325 g/mol. The number of anilines is 1. The minimum absolute atomic E-state index is 0.0424. The molecule has 4 heteroatoms.